The van der Waals surface area contributed by atoms with Gasteiger partial charge < -0.3 is 19.5 Å². The Morgan fingerprint density at radius 2 is 1.90 bits per heavy atom. The van der Waals surface area contributed by atoms with Crippen LogP contribution in [0.25, 0.3) is 0 Å². The number of carbonyl (C=O) groups excluding carboxylic acids is 3. The number of carbonyl (C=O) groups is 3. The van der Waals surface area contributed by atoms with Crippen LogP contribution in [-0.2, 0) is 35.2 Å². The zero-order chi connectivity index (χ0) is 23.1. The molecule has 0 fully saturated rings. The molecule has 0 aromatic heterocycles. The molecular weight excluding hydrogens is 420 g/mol. The van der Waals surface area contributed by atoms with Crippen molar-refractivity contribution in [1.29, 1.82) is 0 Å². The number of amides is 2. The number of hydrogen-bond donors (Lipinski definition) is 1. The van der Waals surface area contributed by atoms with Crippen molar-refractivity contribution in [1.82, 2.24) is 10.4 Å². The molecule has 1 aromatic rings. The Labute approximate surface area is 184 Å². The molecule has 174 valence electrons. The number of hydrogen-bond acceptors (Lipinski definition) is 7. The zero-order valence-corrected chi connectivity index (χ0v) is 19.8. The van der Waals surface area contributed by atoms with E-state index in [4.69, 9.17) is 19.0 Å². The summed E-state index contributed by atoms with van der Waals surface area (Å²) < 4.78 is 15.3. The second kappa shape index (κ2) is 14.6. The highest BCUT2D eigenvalue weighted by atomic mass is 28.3. The maximum Gasteiger partial charge on any atom is 0.408 e. The summed E-state index contributed by atoms with van der Waals surface area (Å²) in [5, 5.41) is 3.61. The van der Waals surface area contributed by atoms with Crippen LogP contribution in [0.4, 0.5) is 4.79 Å². The molecule has 0 saturated carbocycles. The summed E-state index contributed by atoms with van der Waals surface area (Å²) in [6.07, 6.45) is 0.471. The van der Waals surface area contributed by atoms with E-state index in [1.165, 1.54) is 7.11 Å². The Morgan fingerprint density at radius 3 is 2.52 bits per heavy atom. The molecule has 1 atom stereocenters. The fourth-order valence-corrected chi connectivity index (χ4v) is 3.20. The summed E-state index contributed by atoms with van der Waals surface area (Å²) in [5.74, 6) is -0.593. The number of rotatable bonds is 15. The van der Waals surface area contributed by atoms with Crippen LogP contribution in [0.2, 0.25) is 25.7 Å². The topological polar surface area (TPSA) is 103 Å². The first-order chi connectivity index (χ1) is 14.7. The van der Waals surface area contributed by atoms with Crippen molar-refractivity contribution in [2.45, 2.75) is 51.2 Å². The number of hydroxylamine groups is 2. The second-order valence-corrected chi connectivity index (χ2v) is 13.8. The fourth-order valence-electron chi connectivity index (χ4n) is 2.44. The Hall–Kier alpha value is -2.43. The van der Waals surface area contributed by atoms with Crippen molar-refractivity contribution in [3.8, 4) is 0 Å². The summed E-state index contributed by atoms with van der Waals surface area (Å²) in [7, 11) is 0.0589. The standard InChI is InChI=1S/C21H34N2O7Si/c1-27-20(25)19(22-21(26)29-15-18-9-6-5-7-10-18)11-8-12-23(16-24)30-17-28-13-14-31(2,3)4/h5-7,9-10,16,19H,8,11-15,17H2,1-4H3,(H,22,26)/t19-/m1/s1. The van der Waals surface area contributed by atoms with E-state index >= 15 is 0 Å². The molecule has 0 spiro atoms. The van der Waals surface area contributed by atoms with Gasteiger partial charge in [-0.1, -0.05) is 50.0 Å². The molecule has 0 radical (unpaired) electrons. The van der Waals surface area contributed by atoms with Crippen LogP contribution < -0.4 is 5.32 Å². The first-order valence-electron chi connectivity index (χ1n) is 10.2. The minimum atomic E-state index is -1.18. The molecule has 2 amide bonds. The molecule has 1 N–H and O–H groups in total. The van der Waals surface area contributed by atoms with Crippen LogP contribution in [0.15, 0.2) is 30.3 Å². The van der Waals surface area contributed by atoms with Gasteiger partial charge >= 0.3 is 12.1 Å². The maximum atomic E-state index is 12.0. The molecule has 1 rings (SSSR count). The van der Waals surface area contributed by atoms with E-state index < -0.39 is 26.2 Å². The average Bonchev–Trinajstić information content (AvgIpc) is 2.74. The van der Waals surface area contributed by atoms with E-state index in [1.807, 2.05) is 30.3 Å². The smallest absolute Gasteiger partial charge is 0.408 e. The molecule has 9 nitrogen and oxygen atoms in total. The lowest BCUT2D eigenvalue weighted by molar-refractivity contribution is -0.213. The lowest BCUT2D eigenvalue weighted by atomic mass is 10.1. The molecule has 0 aliphatic heterocycles. The van der Waals surface area contributed by atoms with Crippen molar-refractivity contribution in [2.75, 3.05) is 27.1 Å². The minimum absolute atomic E-state index is 0.0201. The van der Waals surface area contributed by atoms with E-state index in [9.17, 15) is 14.4 Å². The summed E-state index contributed by atoms with van der Waals surface area (Å²) in [6.45, 7) is 7.63. The van der Waals surface area contributed by atoms with E-state index in [1.54, 1.807) is 0 Å². The van der Waals surface area contributed by atoms with Gasteiger partial charge in [0, 0.05) is 21.2 Å². The van der Waals surface area contributed by atoms with Gasteiger partial charge in [0.05, 0.1) is 7.11 Å². The molecule has 10 heteroatoms. The molecule has 1 aromatic carbocycles. The highest BCUT2D eigenvalue weighted by molar-refractivity contribution is 6.76. The first-order valence-corrected chi connectivity index (χ1v) is 13.9. The number of esters is 1. The van der Waals surface area contributed by atoms with Gasteiger partial charge in [-0.15, -0.1) is 0 Å². The van der Waals surface area contributed by atoms with Crippen LogP contribution in [0.1, 0.15) is 18.4 Å². The third-order valence-corrected chi connectivity index (χ3v) is 5.98. The van der Waals surface area contributed by atoms with Crippen molar-refractivity contribution >= 4 is 26.5 Å². The molecule has 0 unspecified atom stereocenters. The summed E-state index contributed by atoms with van der Waals surface area (Å²) in [5.41, 5.74) is 0.832. The average molecular weight is 455 g/mol. The molecule has 0 saturated heterocycles. The van der Waals surface area contributed by atoms with Crippen molar-refractivity contribution in [3.05, 3.63) is 35.9 Å². The highest BCUT2D eigenvalue weighted by Gasteiger charge is 2.22. The van der Waals surface area contributed by atoms with Gasteiger partial charge in [0.2, 0.25) is 6.41 Å². The Bertz CT molecular complexity index is 667. The predicted octanol–water partition coefficient (Wildman–Crippen LogP) is 2.94. The van der Waals surface area contributed by atoms with Gasteiger partial charge in [-0.05, 0) is 24.4 Å². The van der Waals surface area contributed by atoms with Crippen LogP contribution in [-0.4, -0.2) is 64.7 Å². The number of nitrogens with one attached hydrogen (secondary N) is 1. The maximum absolute atomic E-state index is 12.0. The fraction of sp³-hybridized carbons (Fsp3) is 0.571. The molecule has 0 aliphatic carbocycles. The minimum Gasteiger partial charge on any atom is -0.467 e. The largest absolute Gasteiger partial charge is 0.467 e. The zero-order valence-electron chi connectivity index (χ0n) is 18.8. The van der Waals surface area contributed by atoms with Crippen molar-refractivity contribution in [2.24, 2.45) is 0 Å². The van der Waals surface area contributed by atoms with Crippen molar-refractivity contribution in [3.63, 3.8) is 0 Å². The quantitative estimate of drug-likeness (QED) is 0.109. The second-order valence-electron chi connectivity index (χ2n) is 8.14. The normalized spacial score (nSPS) is 12.0. The van der Waals surface area contributed by atoms with Crippen LogP contribution in [0.3, 0.4) is 0 Å². The number of ether oxygens (including phenoxy) is 3. The lowest BCUT2D eigenvalue weighted by Crippen LogP contribution is -2.42. The predicted molar refractivity (Wildman–Crippen MR) is 118 cm³/mol. The summed E-state index contributed by atoms with van der Waals surface area (Å²) >= 11 is 0. The molecule has 0 bridgehead atoms. The van der Waals surface area contributed by atoms with Crippen LogP contribution in [0, 0.1) is 0 Å². The highest BCUT2D eigenvalue weighted by Crippen LogP contribution is 2.08. The SMILES string of the molecule is COC(=O)[C@@H](CCCN(C=O)OCOCC[Si](C)(C)C)NC(=O)OCc1ccccc1. The third-order valence-electron chi connectivity index (χ3n) is 4.28. The van der Waals surface area contributed by atoms with Gasteiger partial charge in [0.15, 0.2) is 6.79 Å². The number of nitrogens with zero attached hydrogens (tertiary/aromatic N) is 1. The van der Waals surface area contributed by atoms with E-state index in [0.717, 1.165) is 16.7 Å². The monoisotopic (exact) mass is 454 g/mol. The van der Waals surface area contributed by atoms with E-state index in [0.29, 0.717) is 19.4 Å². The van der Waals surface area contributed by atoms with Gasteiger partial charge in [-0.25, -0.2) is 19.5 Å². The van der Waals surface area contributed by atoms with Crippen LogP contribution in [0.5, 0.6) is 0 Å². The Morgan fingerprint density at radius 1 is 1.19 bits per heavy atom. The van der Waals surface area contributed by atoms with E-state index in [-0.39, 0.29) is 26.4 Å². The van der Waals surface area contributed by atoms with Gasteiger partial charge in [0.1, 0.15) is 12.6 Å². The van der Waals surface area contributed by atoms with Crippen LogP contribution >= 0.6 is 0 Å². The molecule has 0 aliphatic rings. The molecule has 31 heavy (non-hydrogen) atoms. The van der Waals surface area contributed by atoms with Gasteiger partial charge in [0.25, 0.3) is 0 Å². The Kier molecular flexibility index (Phi) is 12.5. The van der Waals surface area contributed by atoms with E-state index in [2.05, 4.69) is 25.0 Å². The molecular formula is C21H34N2O7Si. The summed E-state index contributed by atoms with van der Waals surface area (Å²) in [4.78, 5) is 40.4. The number of methoxy groups -OCH3 is 1. The molecule has 0 heterocycles. The third kappa shape index (κ3) is 12.8. The number of alkyl carbamates (subject to hydrolysis) is 1. The Balaban J connectivity index is 2.35. The lowest BCUT2D eigenvalue weighted by Gasteiger charge is -2.20. The summed E-state index contributed by atoms with van der Waals surface area (Å²) in [6, 6.07) is 9.31. The number of benzene rings is 1. The van der Waals surface area contributed by atoms with Gasteiger partial charge in [-0.2, -0.15) is 0 Å². The van der Waals surface area contributed by atoms with Crippen molar-refractivity contribution < 1.29 is 33.4 Å². The van der Waals surface area contributed by atoms with Gasteiger partial charge in [-0.3, -0.25) is 4.79 Å². The first kappa shape index (κ1) is 26.6.